The fourth-order valence-electron chi connectivity index (χ4n) is 8.48. The maximum atomic E-state index is 15.2. The zero-order chi connectivity index (χ0) is 31.2. The molecule has 5 aliphatic rings. The third-order valence-corrected chi connectivity index (χ3v) is 10.5. The molecule has 3 aliphatic heterocycles. The molecule has 12 heteroatoms. The van der Waals surface area contributed by atoms with Crippen LogP contribution in [0.2, 0.25) is 0 Å². The van der Waals surface area contributed by atoms with Gasteiger partial charge in [-0.15, -0.1) is 0 Å². The van der Waals surface area contributed by atoms with E-state index in [1.54, 1.807) is 45.0 Å². The number of hydrogen-bond donors (Lipinski definition) is 2. The molecule has 9 nitrogen and oxygen atoms in total. The highest BCUT2D eigenvalue weighted by atomic mass is 19.3. The summed E-state index contributed by atoms with van der Waals surface area (Å²) in [7, 11) is 0. The van der Waals surface area contributed by atoms with Gasteiger partial charge in [0, 0.05) is 32.1 Å². The molecule has 3 heterocycles. The molecule has 6 rings (SSSR count). The standard InChI is InChI=1S/C31H36F3N5O4/c1-29(2,3)24(37-27(42)30(4,33)34)26(41)38-13-18-15-9-17(20(32)10-15)22(18)23(38)25(40)39-14-31(11-16(39)12-35)19-7-5-6-8-21(19)36-28(31)43/h5-8,15-18,20,22-24H,9-11,13-14H2,1-4H3,(H,36,43)(H,37,42)/t15?,16?,17?,18?,20?,22?,23-,24?,31?/m0/s1. The van der Waals surface area contributed by atoms with E-state index in [1.165, 1.54) is 9.80 Å². The highest BCUT2D eigenvalue weighted by molar-refractivity contribution is 6.07. The highest BCUT2D eigenvalue weighted by Gasteiger charge is 2.65. The summed E-state index contributed by atoms with van der Waals surface area (Å²) < 4.78 is 43.0. The van der Waals surface area contributed by atoms with Crippen molar-refractivity contribution in [2.24, 2.45) is 29.1 Å². The zero-order valence-electron chi connectivity index (χ0n) is 24.6. The van der Waals surface area contributed by atoms with E-state index in [1.807, 2.05) is 0 Å². The molecule has 0 aromatic heterocycles. The first kappa shape index (κ1) is 29.5. The molecule has 0 radical (unpaired) electrons. The van der Waals surface area contributed by atoms with Gasteiger partial charge >= 0.3 is 5.92 Å². The van der Waals surface area contributed by atoms with Crippen LogP contribution in [0.1, 0.15) is 52.5 Å². The summed E-state index contributed by atoms with van der Waals surface area (Å²) in [5.41, 5.74) is -0.844. The Hall–Kier alpha value is -3.62. The number of alkyl halides is 3. The van der Waals surface area contributed by atoms with Gasteiger partial charge in [0.1, 0.15) is 24.3 Å². The molecular weight excluding hydrogens is 563 g/mol. The van der Waals surface area contributed by atoms with E-state index in [0.29, 0.717) is 31.0 Å². The third-order valence-electron chi connectivity index (χ3n) is 10.5. The van der Waals surface area contributed by atoms with Gasteiger partial charge in [0.2, 0.25) is 17.7 Å². The van der Waals surface area contributed by atoms with Crippen molar-refractivity contribution in [3.63, 3.8) is 0 Å². The Morgan fingerprint density at radius 2 is 1.81 bits per heavy atom. The molecule has 1 aromatic carbocycles. The minimum absolute atomic E-state index is 0.0371. The Labute approximate surface area is 248 Å². The van der Waals surface area contributed by atoms with Gasteiger partial charge < -0.3 is 20.4 Å². The van der Waals surface area contributed by atoms with E-state index in [0.717, 1.165) is 0 Å². The van der Waals surface area contributed by atoms with Crippen molar-refractivity contribution in [1.82, 2.24) is 15.1 Å². The smallest absolute Gasteiger partial charge is 0.321 e. The number of para-hydroxylation sites is 1. The number of benzene rings is 1. The second-order valence-electron chi connectivity index (χ2n) is 14.1. The maximum Gasteiger partial charge on any atom is 0.321 e. The van der Waals surface area contributed by atoms with Gasteiger partial charge in [-0.05, 0) is 53.6 Å². The molecule has 43 heavy (non-hydrogen) atoms. The first-order chi connectivity index (χ1) is 20.1. The minimum Gasteiger partial charge on any atom is -0.339 e. The predicted octanol–water partition coefficient (Wildman–Crippen LogP) is 3.01. The second kappa shape index (κ2) is 9.69. The Kier molecular flexibility index (Phi) is 6.64. The number of halogens is 3. The molecular formula is C31H36F3N5O4. The fourth-order valence-corrected chi connectivity index (χ4v) is 8.48. The number of nitrogens with one attached hydrogen (secondary N) is 2. The van der Waals surface area contributed by atoms with Crippen molar-refractivity contribution in [2.75, 3.05) is 18.4 Å². The summed E-state index contributed by atoms with van der Waals surface area (Å²) in [4.78, 5) is 57.2. The van der Waals surface area contributed by atoms with E-state index >= 15 is 4.39 Å². The molecule has 2 N–H and O–H groups in total. The summed E-state index contributed by atoms with van der Waals surface area (Å²) in [5.74, 6) is -8.10. The van der Waals surface area contributed by atoms with Crippen LogP contribution in [-0.4, -0.2) is 76.7 Å². The lowest BCUT2D eigenvalue weighted by molar-refractivity contribution is -0.153. The molecule has 2 aliphatic carbocycles. The van der Waals surface area contributed by atoms with E-state index in [2.05, 4.69) is 16.7 Å². The fraction of sp³-hybridized carbons (Fsp3) is 0.645. The number of likely N-dealkylation sites (tertiary alicyclic amines) is 2. The van der Waals surface area contributed by atoms with Crippen LogP contribution in [0.5, 0.6) is 0 Å². The Balaban J connectivity index is 1.37. The van der Waals surface area contributed by atoms with E-state index in [4.69, 9.17) is 0 Å². The van der Waals surface area contributed by atoms with Crippen LogP contribution < -0.4 is 10.6 Å². The number of carbonyl (C=O) groups is 4. The van der Waals surface area contributed by atoms with Crippen molar-refractivity contribution >= 4 is 29.3 Å². The summed E-state index contributed by atoms with van der Waals surface area (Å²) in [6, 6.07) is 5.76. The van der Waals surface area contributed by atoms with Gasteiger partial charge in [-0.25, -0.2) is 4.39 Å². The largest absolute Gasteiger partial charge is 0.339 e. The van der Waals surface area contributed by atoms with Crippen LogP contribution in [0.3, 0.4) is 0 Å². The molecule has 4 fully saturated rings. The maximum absolute atomic E-state index is 15.2. The number of rotatable bonds is 4. The van der Waals surface area contributed by atoms with Crippen LogP contribution in [0.15, 0.2) is 24.3 Å². The quantitative estimate of drug-likeness (QED) is 0.551. The van der Waals surface area contributed by atoms with Gasteiger partial charge in [-0.2, -0.15) is 14.0 Å². The van der Waals surface area contributed by atoms with Crippen LogP contribution in [-0.2, 0) is 24.6 Å². The van der Waals surface area contributed by atoms with Crippen molar-refractivity contribution < 1.29 is 32.3 Å². The lowest BCUT2D eigenvalue weighted by Crippen LogP contribution is -2.61. The summed E-state index contributed by atoms with van der Waals surface area (Å²) in [6.07, 6.45) is -0.152. The van der Waals surface area contributed by atoms with Crippen molar-refractivity contribution in [2.45, 2.75) is 82.6 Å². The van der Waals surface area contributed by atoms with Crippen LogP contribution in [0.25, 0.3) is 0 Å². The van der Waals surface area contributed by atoms with Crippen LogP contribution in [0, 0.1) is 40.4 Å². The predicted molar refractivity (Wildman–Crippen MR) is 148 cm³/mol. The number of nitriles is 1. The number of hydrogen-bond acceptors (Lipinski definition) is 5. The van der Waals surface area contributed by atoms with Gasteiger partial charge in [-0.1, -0.05) is 39.0 Å². The number of amides is 4. The van der Waals surface area contributed by atoms with Gasteiger partial charge in [0.15, 0.2) is 0 Å². The van der Waals surface area contributed by atoms with Crippen molar-refractivity contribution in [1.29, 1.82) is 5.26 Å². The zero-order valence-corrected chi connectivity index (χ0v) is 24.6. The highest BCUT2D eigenvalue weighted by Crippen LogP contribution is 2.59. The summed E-state index contributed by atoms with van der Waals surface area (Å²) in [6.45, 7) is 5.37. The second-order valence-corrected chi connectivity index (χ2v) is 14.1. The molecule has 8 unspecified atom stereocenters. The lowest BCUT2D eigenvalue weighted by atomic mass is 9.77. The lowest BCUT2D eigenvalue weighted by Gasteiger charge is -2.39. The molecule has 230 valence electrons. The van der Waals surface area contributed by atoms with Crippen LogP contribution in [0.4, 0.5) is 18.9 Å². The molecule has 2 bridgehead atoms. The first-order valence-electron chi connectivity index (χ1n) is 14.8. The Morgan fingerprint density at radius 3 is 2.47 bits per heavy atom. The number of anilines is 1. The van der Waals surface area contributed by atoms with Gasteiger partial charge in [0.05, 0.1) is 11.5 Å². The molecule has 1 spiro atoms. The molecule has 1 aromatic rings. The average molecular weight is 600 g/mol. The number of nitrogens with zero attached hydrogens (tertiary/aromatic N) is 3. The topological polar surface area (TPSA) is 123 Å². The first-order valence-corrected chi connectivity index (χ1v) is 14.8. The van der Waals surface area contributed by atoms with Crippen molar-refractivity contribution in [3.8, 4) is 6.07 Å². The van der Waals surface area contributed by atoms with Crippen LogP contribution >= 0.6 is 0 Å². The Morgan fingerprint density at radius 1 is 1.12 bits per heavy atom. The molecule has 9 atom stereocenters. The SMILES string of the molecule is CC(F)(F)C(=O)NC(C(=O)N1CC2C3CC(F)C(C3)C2[C@H]1C(=O)N1CC2(CC1C#N)C(=O)Nc1ccccc12)C(C)(C)C. The molecule has 4 amide bonds. The van der Waals surface area contributed by atoms with E-state index in [-0.39, 0.29) is 37.3 Å². The third kappa shape index (κ3) is 4.41. The summed E-state index contributed by atoms with van der Waals surface area (Å²) in [5, 5.41) is 15.2. The monoisotopic (exact) mass is 599 g/mol. The number of fused-ring (bicyclic) bond motifs is 7. The normalized spacial score (nSPS) is 35.0. The molecule has 2 saturated heterocycles. The summed E-state index contributed by atoms with van der Waals surface area (Å²) >= 11 is 0. The van der Waals surface area contributed by atoms with Gasteiger partial charge in [-0.3, -0.25) is 19.2 Å². The number of carbonyl (C=O) groups excluding carboxylic acids is 4. The molecule has 2 saturated carbocycles. The van der Waals surface area contributed by atoms with E-state index in [9.17, 15) is 33.2 Å². The van der Waals surface area contributed by atoms with Gasteiger partial charge in [0.25, 0.3) is 5.91 Å². The average Bonchev–Trinajstić information content (AvgIpc) is 3.72. The van der Waals surface area contributed by atoms with Crippen molar-refractivity contribution in [3.05, 3.63) is 29.8 Å². The minimum atomic E-state index is -3.73. The Bertz CT molecular complexity index is 1430. The van der Waals surface area contributed by atoms with E-state index < -0.39 is 70.6 Å².